The van der Waals surface area contributed by atoms with Gasteiger partial charge in [-0.25, -0.2) is 9.37 Å². The summed E-state index contributed by atoms with van der Waals surface area (Å²) < 4.78 is 27.1. The zero-order chi connectivity index (χ0) is 26.8. The van der Waals surface area contributed by atoms with Crippen molar-refractivity contribution in [3.8, 4) is 11.5 Å². The smallest absolute Gasteiger partial charge is 0.272 e. The van der Waals surface area contributed by atoms with Gasteiger partial charge in [-0.2, -0.15) is 0 Å². The molecule has 2 atom stereocenters. The van der Waals surface area contributed by atoms with E-state index in [0.29, 0.717) is 36.3 Å². The molecule has 198 valence electrons. The third kappa shape index (κ3) is 5.61. The molecule has 4 aromatic rings. The molecule has 5 rings (SSSR count). The molecular formula is C28H31FN6O3. The molecule has 0 bridgehead atoms. The van der Waals surface area contributed by atoms with Gasteiger partial charge in [0.25, 0.3) is 5.91 Å². The lowest BCUT2D eigenvalue weighted by Crippen LogP contribution is -2.53. The van der Waals surface area contributed by atoms with Gasteiger partial charge in [0.15, 0.2) is 0 Å². The Labute approximate surface area is 220 Å². The summed E-state index contributed by atoms with van der Waals surface area (Å²) in [5, 5.41) is 3.21. The predicted octanol–water partition coefficient (Wildman–Crippen LogP) is 4.43. The van der Waals surface area contributed by atoms with Gasteiger partial charge < -0.3 is 29.2 Å². The number of anilines is 2. The average Bonchev–Trinajstić information content (AvgIpc) is 3.20. The molecule has 2 aromatic heterocycles. The summed E-state index contributed by atoms with van der Waals surface area (Å²) in [5.74, 6) is 1.27. The second-order valence-corrected chi connectivity index (χ2v) is 9.78. The Kier molecular flexibility index (Phi) is 7.26. The first-order valence-corrected chi connectivity index (χ1v) is 12.5. The van der Waals surface area contributed by atoms with Gasteiger partial charge in [-0.05, 0) is 63.5 Å². The second kappa shape index (κ2) is 10.8. The molecule has 1 aliphatic rings. The topological polar surface area (TPSA) is 84.8 Å². The minimum Gasteiger partial charge on any atom is -0.457 e. The molecule has 0 unspecified atom stereocenters. The molecule has 1 aliphatic heterocycles. The van der Waals surface area contributed by atoms with E-state index in [1.165, 1.54) is 12.1 Å². The first-order valence-electron chi connectivity index (χ1n) is 12.5. The number of aromatic nitrogens is 3. The molecule has 0 saturated carbocycles. The Morgan fingerprint density at radius 1 is 1.16 bits per heavy atom. The molecule has 9 nitrogen and oxygen atoms in total. The maximum Gasteiger partial charge on any atom is 0.272 e. The summed E-state index contributed by atoms with van der Waals surface area (Å²) in [6.45, 7) is 3.72. The lowest BCUT2D eigenvalue weighted by Gasteiger charge is -2.38. The van der Waals surface area contributed by atoms with Crippen LogP contribution in [0.15, 0.2) is 60.8 Å². The third-order valence-corrected chi connectivity index (χ3v) is 6.47. The maximum atomic E-state index is 13.3. The van der Waals surface area contributed by atoms with E-state index in [0.717, 1.165) is 23.3 Å². The van der Waals surface area contributed by atoms with Crippen molar-refractivity contribution in [2.45, 2.75) is 19.1 Å². The third-order valence-electron chi connectivity index (χ3n) is 6.47. The van der Waals surface area contributed by atoms with E-state index in [1.54, 1.807) is 30.5 Å². The number of carbonyl (C=O) groups is 1. The fourth-order valence-corrected chi connectivity index (χ4v) is 4.51. The molecule has 1 saturated heterocycles. The first-order chi connectivity index (χ1) is 18.3. The maximum absolute atomic E-state index is 13.3. The summed E-state index contributed by atoms with van der Waals surface area (Å²) in [4.78, 5) is 26.2. The Hall–Kier alpha value is -4.02. The summed E-state index contributed by atoms with van der Waals surface area (Å²) in [5.41, 5.74) is 2.69. The summed E-state index contributed by atoms with van der Waals surface area (Å²) in [7, 11) is 5.88. The Morgan fingerprint density at radius 3 is 2.68 bits per heavy atom. The molecule has 2 aromatic carbocycles. The molecule has 38 heavy (non-hydrogen) atoms. The van der Waals surface area contributed by atoms with Gasteiger partial charge in [-0.3, -0.25) is 9.78 Å². The predicted molar refractivity (Wildman–Crippen MR) is 144 cm³/mol. The van der Waals surface area contributed by atoms with Crippen molar-refractivity contribution in [2.24, 2.45) is 7.05 Å². The zero-order valence-corrected chi connectivity index (χ0v) is 21.9. The highest BCUT2D eigenvalue weighted by Crippen LogP contribution is 2.28. The van der Waals surface area contributed by atoms with E-state index in [1.807, 2.05) is 55.7 Å². The van der Waals surface area contributed by atoms with Gasteiger partial charge in [0.05, 0.1) is 29.8 Å². The van der Waals surface area contributed by atoms with Crippen LogP contribution in [0.1, 0.15) is 17.4 Å². The highest BCUT2D eigenvalue weighted by molar-refractivity contribution is 5.93. The molecule has 0 aliphatic carbocycles. The summed E-state index contributed by atoms with van der Waals surface area (Å²) in [6, 6.07) is 15.1. The highest BCUT2D eigenvalue weighted by atomic mass is 19.1. The zero-order valence-electron chi connectivity index (χ0n) is 21.9. The van der Waals surface area contributed by atoms with Gasteiger partial charge in [-0.15, -0.1) is 0 Å². The number of rotatable bonds is 7. The summed E-state index contributed by atoms with van der Waals surface area (Å²) in [6.07, 6.45) is 1.53. The Balaban J connectivity index is 1.32. The van der Waals surface area contributed by atoms with Crippen LogP contribution in [0.5, 0.6) is 11.5 Å². The number of amides is 1. The first kappa shape index (κ1) is 25.6. The summed E-state index contributed by atoms with van der Waals surface area (Å²) >= 11 is 0. The number of hydrogen-bond acceptors (Lipinski definition) is 7. The molecular weight excluding hydrogens is 487 g/mol. The highest BCUT2D eigenvalue weighted by Gasteiger charge is 2.31. The van der Waals surface area contributed by atoms with Crippen LogP contribution < -0.4 is 10.1 Å². The number of halogens is 1. The number of aryl methyl sites for hydroxylation is 1. The number of carbonyl (C=O) groups excluding carboxylic acids is 1. The second-order valence-electron chi connectivity index (χ2n) is 9.78. The van der Waals surface area contributed by atoms with Crippen molar-refractivity contribution in [3.63, 3.8) is 0 Å². The van der Waals surface area contributed by atoms with Gasteiger partial charge in [-0.1, -0.05) is 0 Å². The molecule has 3 heterocycles. The van der Waals surface area contributed by atoms with Crippen molar-refractivity contribution in [2.75, 3.05) is 39.1 Å². The number of ether oxygens (including phenoxy) is 2. The Bertz CT molecular complexity index is 1440. The Morgan fingerprint density at radius 2 is 1.92 bits per heavy atom. The van der Waals surface area contributed by atoms with Gasteiger partial charge in [0, 0.05) is 44.2 Å². The number of likely N-dealkylation sites (N-methyl/N-ethyl adjacent to an activating group) is 1. The average molecular weight is 519 g/mol. The van der Waals surface area contributed by atoms with Crippen LogP contribution in [0.4, 0.5) is 16.0 Å². The largest absolute Gasteiger partial charge is 0.457 e. The van der Waals surface area contributed by atoms with E-state index < -0.39 is 0 Å². The minimum atomic E-state index is -0.295. The normalized spacial score (nSPS) is 17.7. The number of nitrogens with one attached hydrogen (secondary N) is 1. The van der Waals surface area contributed by atoms with Crippen LogP contribution in [-0.4, -0.2) is 76.2 Å². The molecule has 1 N–H and O–H groups in total. The van der Waals surface area contributed by atoms with E-state index in [2.05, 4.69) is 20.2 Å². The number of imidazole rings is 1. The van der Waals surface area contributed by atoms with E-state index in [-0.39, 0.29) is 23.9 Å². The fourth-order valence-electron chi connectivity index (χ4n) is 4.51. The van der Waals surface area contributed by atoms with E-state index in [4.69, 9.17) is 9.47 Å². The van der Waals surface area contributed by atoms with Crippen molar-refractivity contribution in [1.82, 2.24) is 24.3 Å². The van der Waals surface area contributed by atoms with Crippen molar-refractivity contribution in [1.29, 1.82) is 0 Å². The van der Waals surface area contributed by atoms with Crippen molar-refractivity contribution in [3.05, 3.63) is 72.3 Å². The van der Waals surface area contributed by atoms with Crippen LogP contribution in [0, 0.1) is 5.82 Å². The van der Waals surface area contributed by atoms with Crippen LogP contribution >= 0.6 is 0 Å². The molecule has 1 fully saturated rings. The number of morpholine rings is 1. The molecule has 0 spiro atoms. The van der Waals surface area contributed by atoms with Gasteiger partial charge in [0.2, 0.25) is 5.95 Å². The molecule has 0 radical (unpaired) electrons. The van der Waals surface area contributed by atoms with E-state index >= 15 is 0 Å². The number of fused-ring (bicyclic) bond motifs is 1. The van der Waals surface area contributed by atoms with E-state index in [9.17, 15) is 9.18 Å². The molecule has 1 amide bonds. The lowest BCUT2D eigenvalue weighted by molar-refractivity contribution is -0.0548. The number of pyridine rings is 1. The minimum absolute atomic E-state index is 0.0443. The standard InChI is InChI=1S/C28H31FN6O3/c1-18-17-37-23(15-33(2)3)16-35(18)27(36)25-14-22(11-12-30-25)38-21-9-10-26-24(13-21)32-28(34(26)4)31-20-7-5-19(29)6-8-20/h5-14,18,23H,15-17H2,1-4H3,(H,31,32)/t18-,23+/m0/s1. The fraction of sp³-hybridized carbons (Fsp3) is 0.321. The number of nitrogens with zero attached hydrogens (tertiary/aromatic N) is 5. The van der Waals surface area contributed by atoms with Crippen LogP contribution in [0.25, 0.3) is 11.0 Å². The SMILES string of the molecule is C[C@H]1CO[C@H](CN(C)C)CN1C(=O)c1cc(Oc2ccc3c(c2)nc(Nc2ccc(F)cc2)n3C)ccn1. The number of hydrogen-bond donors (Lipinski definition) is 1. The van der Waals surface area contributed by atoms with Crippen molar-refractivity contribution < 1.29 is 18.7 Å². The quantitative estimate of drug-likeness (QED) is 0.387. The lowest BCUT2D eigenvalue weighted by atomic mass is 10.1. The molecule has 10 heteroatoms. The van der Waals surface area contributed by atoms with Crippen LogP contribution in [0.3, 0.4) is 0 Å². The van der Waals surface area contributed by atoms with Crippen LogP contribution in [-0.2, 0) is 11.8 Å². The number of benzene rings is 2. The van der Waals surface area contributed by atoms with Gasteiger partial charge in [0.1, 0.15) is 23.0 Å². The van der Waals surface area contributed by atoms with Crippen LogP contribution in [0.2, 0.25) is 0 Å². The van der Waals surface area contributed by atoms with Gasteiger partial charge >= 0.3 is 0 Å². The van der Waals surface area contributed by atoms with Crippen molar-refractivity contribution >= 4 is 28.6 Å². The monoisotopic (exact) mass is 518 g/mol.